The highest BCUT2D eigenvalue weighted by molar-refractivity contribution is 7.85. The molecule has 26 nitrogen and oxygen atoms in total. The maximum absolute atomic E-state index is 13.0. The number of unbranched alkanes of at least 4 members (excludes halogenated alkanes) is 5. The van der Waals surface area contributed by atoms with Gasteiger partial charge in [0, 0.05) is 80.3 Å². The molecule has 4 aromatic heterocycles. The SMILES string of the molecule is CCN(CCCCCC(=O)NCCCCCCNc1ncnc2c1ncn2[C@H]1C[C@H](O)[C@@H](COP(=O)(O)OP(=O)(O)OP(=O)(O)O)O1)c1ccc2cc(-c3cc[n+](CCCS(=O)(=O)O)cc3)c(=O)oc2c1. The van der Waals surface area contributed by atoms with Gasteiger partial charge in [0.2, 0.25) is 5.91 Å². The van der Waals surface area contributed by atoms with Crippen molar-refractivity contribution in [2.75, 3.05) is 48.8 Å². The van der Waals surface area contributed by atoms with Crippen molar-refractivity contribution < 1.29 is 83.0 Å². The van der Waals surface area contributed by atoms with E-state index in [1.807, 2.05) is 18.2 Å². The van der Waals surface area contributed by atoms with E-state index in [-0.39, 0.29) is 24.5 Å². The van der Waals surface area contributed by atoms with Gasteiger partial charge in [-0.05, 0) is 50.8 Å². The summed E-state index contributed by atoms with van der Waals surface area (Å²) in [5, 5.41) is 17.5. The second kappa shape index (κ2) is 24.9. The maximum atomic E-state index is 13.0. The van der Waals surface area contributed by atoms with Crippen molar-refractivity contribution >= 4 is 73.1 Å². The molecule has 71 heavy (non-hydrogen) atoms. The van der Waals surface area contributed by atoms with Crippen LogP contribution < -0.4 is 25.7 Å². The zero-order valence-corrected chi connectivity index (χ0v) is 42.0. The second-order valence-corrected chi connectivity index (χ2v) is 22.6. The van der Waals surface area contributed by atoms with E-state index >= 15 is 0 Å². The quantitative estimate of drug-likeness (QED) is 0.0109. The molecule has 2 unspecified atom stereocenters. The number of nitrogens with zero attached hydrogens (tertiary/aromatic N) is 6. The standard InChI is InChI=1S/C41H57N8O18P3S/c1-2-48(31-13-12-30-23-32(41(52)65-34(30)24-31)29-14-20-47(21-15-29)18-10-22-71(60,61)62)19-9-5-6-11-36(51)42-16-7-3-4-8-17-43-39-38-40(45-27-44-39)49(28-46-38)37-25-33(50)35(64-37)26-63-69(56,57)67-70(58,59)66-68(53,54)55/h12-15,20-21,23-24,27-28,33,35,37,50H,2-11,16-19,22,25-26H2,1H3,(H6-,42,43,44,45,51,53,54,55,56,57,58,59,60,61,62)/p+1/t33-,35+,37+/m0/s1. The summed E-state index contributed by atoms with van der Waals surface area (Å²) >= 11 is 0. The van der Waals surface area contributed by atoms with E-state index < -0.39 is 64.3 Å². The molecule has 1 aliphatic heterocycles. The molecule has 1 aliphatic rings. The first-order chi connectivity index (χ1) is 33.6. The number of phosphoric ester groups is 1. The summed E-state index contributed by atoms with van der Waals surface area (Å²) in [5.41, 5.74) is 2.77. The van der Waals surface area contributed by atoms with E-state index in [0.29, 0.717) is 59.7 Å². The maximum Gasteiger partial charge on any atom is 0.490 e. The number of benzene rings is 1. The molecule has 0 bridgehead atoms. The number of ether oxygens (including phenoxy) is 1. The van der Waals surface area contributed by atoms with Crippen molar-refractivity contribution in [1.29, 1.82) is 0 Å². The van der Waals surface area contributed by atoms with Gasteiger partial charge >= 0.3 is 29.1 Å². The Kier molecular flexibility index (Phi) is 19.6. The highest BCUT2D eigenvalue weighted by atomic mass is 32.2. The summed E-state index contributed by atoms with van der Waals surface area (Å²) in [7, 11) is -20.7. The van der Waals surface area contributed by atoms with Gasteiger partial charge in [0.1, 0.15) is 30.8 Å². The Labute approximate surface area is 407 Å². The summed E-state index contributed by atoms with van der Waals surface area (Å²) < 4.78 is 92.3. The van der Waals surface area contributed by atoms with Crippen molar-refractivity contribution in [3.05, 3.63) is 71.9 Å². The normalized spacial score (nSPS) is 18.1. The van der Waals surface area contributed by atoms with Gasteiger partial charge in [-0.15, -0.1) is 0 Å². The summed E-state index contributed by atoms with van der Waals surface area (Å²) in [5.74, 6) is 0.136. The number of imidazole rings is 1. The van der Waals surface area contributed by atoms with E-state index in [1.165, 1.54) is 17.2 Å². The van der Waals surface area contributed by atoms with Crippen molar-refractivity contribution in [3.63, 3.8) is 0 Å². The van der Waals surface area contributed by atoms with Gasteiger partial charge < -0.3 is 49.4 Å². The fourth-order valence-electron chi connectivity index (χ4n) is 7.77. The van der Waals surface area contributed by atoms with Crippen molar-refractivity contribution in [3.8, 4) is 11.1 Å². The van der Waals surface area contributed by atoms with Crippen molar-refractivity contribution in [2.24, 2.45) is 0 Å². The predicted octanol–water partition coefficient (Wildman–Crippen LogP) is 4.33. The number of nitrogens with one attached hydrogen (secondary N) is 2. The number of aliphatic hydroxyl groups excluding tert-OH is 1. The fraction of sp³-hybridized carbons (Fsp3) is 0.512. The van der Waals surface area contributed by atoms with Crippen LogP contribution >= 0.6 is 23.5 Å². The van der Waals surface area contributed by atoms with E-state index in [2.05, 4.69) is 50.6 Å². The monoisotopic (exact) mass is 1080 g/mol. The zero-order valence-electron chi connectivity index (χ0n) is 38.5. The molecule has 5 heterocycles. The Morgan fingerprint density at radius 2 is 1.66 bits per heavy atom. The third-order valence-corrected chi connectivity index (χ3v) is 15.8. The molecule has 5 aromatic rings. The summed E-state index contributed by atoms with van der Waals surface area (Å²) in [6, 6.07) is 11.1. The largest absolute Gasteiger partial charge is 0.490 e. The number of carbonyl (C=O) groups excluding carboxylic acids is 1. The van der Waals surface area contributed by atoms with Crippen LogP contribution in [0, 0.1) is 0 Å². The minimum absolute atomic E-state index is 0.0109. The van der Waals surface area contributed by atoms with Crippen molar-refractivity contribution in [1.82, 2.24) is 24.8 Å². The molecular formula is C41H58N8O18P3S+. The average Bonchev–Trinajstić information content (AvgIpc) is 3.89. The van der Waals surface area contributed by atoms with Crippen LogP contribution in [0.25, 0.3) is 33.3 Å². The zero-order chi connectivity index (χ0) is 51.4. The number of rotatable bonds is 29. The van der Waals surface area contributed by atoms with Gasteiger partial charge in [-0.25, -0.2) is 38.0 Å². The molecule has 1 amide bonds. The fourth-order valence-corrected chi connectivity index (χ4v) is 11.3. The molecule has 0 saturated carbocycles. The molecule has 0 spiro atoms. The van der Waals surface area contributed by atoms with Gasteiger partial charge in [-0.1, -0.05) is 19.3 Å². The number of aryl methyl sites for hydroxylation is 1. The smallest absolute Gasteiger partial charge is 0.422 e. The number of fused-ring (bicyclic) bond motifs is 2. The number of carbonyl (C=O) groups is 1. The summed E-state index contributed by atoms with van der Waals surface area (Å²) in [6.45, 7) is 4.28. The molecule has 30 heteroatoms. The lowest BCUT2D eigenvalue weighted by Gasteiger charge is -2.23. The second-order valence-electron chi connectivity index (χ2n) is 16.6. The van der Waals surface area contributed by atoms with Gasteiger partial charge in [-0.3, -0.25) is 18.4 Å². The Balaban J connectivity index is 0.838. The number of hydrogen-bond donors (Lipinski definition) is 8. The first-order valence-electron chi connectivity index (χ1n) is 22.7. The van der Waals surface area contributed by atoms with E-state index in [0.717, 1.165) is 69.1 Å². The number of aliphatic hydroxyl groups is 1. The van der Waals surface area contributed by atoms with E-state index in [9.17, 15) is 46.6 Å². The van der Waals surface area contributed by atoms with Crippen LogP contribution in [0.5, 0.6) is 0 Å². The Morgan fingerprint density at radius 1 is 0.930 bits per heavy atom. The van der Waals surface area contributed by atoms with Crippen LogP contribution in [0.1, 0.15) is 77.4 Å². The van der Waals surface area contributed by atoms with Crippen molar-refractivity contribution in [2.45, 2.75) is 96.1 Å². The van der Waals surface area contributed by atoms with E-state index in [1.54, 1.807) is 35.2 Å². The lowest BCUT2D eigenvalue weighted by molar-refractivity contribution is -0.696. The van der Waals surface area contributed by atoms with E-state index in [4.69, 9.17) is 23.5 Å². The Hall–Kier alpha value is -4.56. The lowest BCUT2D eigenvalue weighted by atomic mass is 10.1. The summed E-state index contributed by atoms with van der Waals surface area (Å²) in [6.07, 6.45) is 9.44. The molecular weight excluding hydrogens is 1020 g/mol. The molecule has 0 aliphatic carbocycles. The van der Waals surface area contributed by atoms with Gasteiger partial charge in [0.05, 0.1) is 30.4 Å². The molecule has 0 radical (unpaired) electrons. The molecule has 6 rings (SSSR count). The lowest BCUT2D eigenvalue weighted by Crippen LogP contribution is -2.33. The molecule has 1 aromatic carbocycles. The average molecular weight is 1080 g/mol. The van der Waals surface area contributed by atoms with Crippen LogP contribution in [0.15, 0.2) is 70.7 Å². The van der Waals surface area contributed by atoms with Crippen LogP contribution in [-0.4, -0.2) is 114 Å². The first kappa shape index (κ1) is 55.7. The molecule has 390 valence electrons. The number of pyridine rings is 1. The number of anilines is 2. The number of amides is 1. The number of aromatic nitrogens is 5. The van der Waals surface area contributed by atoms with Crippen LogP contribution in [-0.2, 0) is 53.0 Å². The summed E-state index contributed by atoms with van der Waals surface area (Å²) in [4.78, 5) is 77.2. The molecule has 8 N–H and O–H groups in total. The number of hydrogen-bond acceptors (Lipinski definition) is 18. The highest BCUT2D eigenvalue weighted by Gasteiger charge is 2.43. The van der Waals surface area contributed by atoms with Crippen LogP contribution in [0.3, 0.4) is 0 Å². The molecule has 5 atom stereocenters. The highest BCUT2D eigenvalue weighted by Crippen LogP contribution is 2.66. The minimum Gasteiger partial charge on any atom is -0.422 e. The predicted molar refractivity (Wildman–Crippen MR) is 255 cm³/mol. The van der Waals surface area contributed by atoms with Gasteiger partial charge in [0.15, 0.2) is 29.4 Å². The van der Waals surface area contributed by atoms with Gasteiger partial charge in [0.25, 0.3) is 10.1 Å². The Morgan fingerprint density at radius 3 is 2.38 bits per heavy atom. The molecule has 1 saturated heterocycles. The van der Waals surface area contributed by atoms with Gasteiger partial charge in [-0.2, -0.15) is 17.0 Å². The minimum atomic E-state index is -5.71. The van der Waals surface area contributed by atoms with Crippen LogP contribution in [0.2, 0.25) is 0 Å². The Bertz CT molecular complexity index is 2920. The third kappa shape index (κ3) is 17.3. The molecule has 1 fully saturated rings. The first-order valence-corrected chi connectivity index (χ1v) is 28.8. The van der Waals surface area contributed by atoms with Crippen LogP contribution in [0.4, 0.5) is 11.5 Å². The number of phosphoric acid groups is 3. The third-order valence-electron chi connectivity index (χ3n) is 11.2. The topological polar surface area (TPSA) is 366 Å².